The number of esters is 1. The minimum absolute atomic E-state index is 0.000418. The number of carbonyl (C=O) groups excluding carboxylic acids is 2. The second kappa shape index (κ2) is 12.1. The smallest absolute Gasteiger partial charge is 0.329 e. The standard InChI is InChI=1S/C28H35N5O5S/c1-3-38-28(35)25-13-18(2)10-12-33(25)27(34)24(15-19-5-4-6-21(14-19)26(29)30)32-39(36,37)23-8-7-20-9-11-31-17-22(20)16-23/h4-8,10,14,16,24-25,31-32H,3,9,11-13,15,17H2,1-2H3,(H3,29,30)/t24-,25+/m0/s1. The van der Waals surface area contributed by atoms with Crippen LogP contribution in [-0.4, -0.2) is 62.8 Å². The molecule has 0 spiro atoms. The van der Waals surface area contributed by atoms with E-state index in [0.29, 0.717) is 24.1 Å². The van der Waals surface area contributed by atoms with E-state index in [0.717, 1.165) is 29.7 Å². The van der Waals surface area contributed by atoms with Crippen molar-refractivity contribution < 1.29 is 22.7 Å². The number of rotatable bonds is 9. The van der Waals surface area contributed by atoms with Crippen LogP contribution < -0.4 is 15.8 Å². The molecule has 2 heterocycles. The lowest BCUT2D eigenvalue weighted by Gasteiger charge is -2.35. The molecule has 11 heteroatoms. The molecule has 1 amide bonds. The van der Waals surface area contributed by atoms with Crippen molar-refractivity contribution in [1.82, 2.24) is 14.9 Å². The molecule has 0 fully saturated rings. The zero-order valence-corrected chi connectivity index (χ0v) is 23.0. The molecule has 0 aromatic heterocycles. The molecule has 208 valence electrons. The van der Waals surface area contributed by atoms with Gasteiger partial charge in [0.2, 0.25) is 15.9 Å². The number of hydrogen-bond acceptors (Lipinski definition) is 7. The van der Waals surface area contributed by atoms with E-state index < -0.39 is 34.0 Å². The molecule has 0 saturated heterocycles. The summed E-state index contributed by atoms with van der Waals surface area (Å²) in [6.45, 7) is 5.30. The van der Waals surface area contributed by atoms with E-state index in [1.165, 1.54) is 4.90 Å². The van der Waals surface area contributed by atoms with Gasteiger partial charge in [-0.3, -0.25) is 10.2 Å². The average molecular weight is 554 g/mol. The fourth-order valence-corrected chi connectivity index (χ4v) is 6.17. The van der Waals surface area contributed by atoms with Gasteiger partial charge in [-0.25, -0.2) is 13.2 Å². The van der Waals surface area contributed by atoms with E-state index in [9.17, 15) is 18.0 Å². The highest BCUT2D eigenvalue weighted by atomic mass is 32.2. The summed E-state index contributed by atoms with van der Waals surface area (Å²) in [7, 11) is -4.11. The third kappa shape index (κ3) is 6.73. The molecule has 2 aromatic rings. The summed E-state index contributed by atoms with van der Waals surface area (Å²) in [6.07, 6.45) is 2.97. The number of hydrogen-bond donors (Lipinski definition) is 4. The third-order valence-electron chi connectivity index (χ3n) is 7.02. The molecule has 2 aromatic carbocycles. The number of nitrogen functional groups attached to an aromatic ring is 1. The molecule has 0 radical (unpaired) electrons. The van der Waals surface area contributed by atoms with Crippen molar-refractivity contribution in [3.8, 4) is 0 Å². The van der Waals surface area contributed by atoms with Gasteiger partial charge in [0.25, 0.3) is 0 Å². The Morgan fingerprint density at radius 2 is 2.03 bits per heavy atom. The van der Waals surface area contributed by atoms with E-state index in [2.05, 4.69) is 10.0 Å². The summed E-state index contributed by atoms with van der Waals surface area (Å²) in [6, 6.07) is 9.71. The molecule has 2 aliphatic rings. The number of benzene rings is 2. The van der Waals surface area contributed by atoms with Gasteiger partial charge in [0.05, 0.1) is 11.5 Å². The lowest BCUT2D eigenvalue weighted by Crippen LogP contribution is -2.56. The zero-order valence-electron chi connectivity index (χ0n) is 22.2. The van der Waals surface area contributed by atoms with Crippen LogP contribution in [0, 0.1) is 5.41 Å². The van der Waals surface area contributed by atoms with Gasteiger partial charge in [-0.05, 0) is 74.5 Å². The molecule has 4 rings (SSSR count). The van der Waals surface area contributed by atoms with Crippen molar-refractivity contribution in [3.63, 3.8) is 0 Å². The number of fused-ring (bicyclic) bond motifs is 1. The highest BCUT2D eigenvalue weighted by Crippen LogP contribution is 2.23. The summed E-state index contributed by atoms with van der Waals surface area (Å²) in [5.74, 6) is -1.20. The van der Waals surface area contributed by atoms with Crippen LogP contribution in [0.4, 0.5) is 0 Å². The van der Waals surface area contributed by atoms with Crippen LogP contribution >= 0.6 is 0 Å². The number of amidine groups is 1. The van der Waals surface area contributed by atoms with Crippen LogP contribution in [0.2, 0.25) is 0 Å². The van der Waals surface area contributed by atoms with Crippen molar-refractivity contribution in [3.05, 3.63) is 76.4 Å². The van der Waals surface area contributed by atoms with Crippen LogP contribution in [0.15, 0.2) is 59.0 Å². The minimum atomic E-state index is -4.11. The number of nitrogens with zero attached hydrogens (tertiary/aromatic N) is 1. The molecule has 39 heavy (non-hydrogen) atoms. The monoisotopic (exact) mass is 553 g/mol. The number of sulfonamides is 1. The number of ether oxygens (including phenoxy) is 1. The largest absolute Gasteiger partial charge is 0.464 e. The number of amides is 1. The summed E-state index contributed by atoms with van der Waals surface area (Å²) in [5, 5.41) is 11.0. The van der Waals surface area contributed by atoms with E-state index in [1.54, 1.807) is 43.3 Å². The van der Waals surface area contributed by atoms with Crippen LogP contribution in [0.5, 0.6) is 0 Å². The van der Waals surface area contributed by atoms with Gasteiger partial charge in [0.1, 0.15) is 17.9 Å². The second-order valence-electron chi connectivity index (χ2n) is 9.86. The summed E-state index contributed by atoms with van der Waals surface area (Å²) >= 11 is 0. The Labute approximate surface area is 229 Å². The predicted octanol–water partition coefficient (Wildman–Crippen LogP) is 1.62. The summed E-state index contributed by atoms with van der Waals surface area (Å²) < 4.78 is 35.0. The van der Waals surface area contributed by atoms with Crippen molar-refractivity contribution in [2.45, 2.75) is 56.6 Å². The van der Waals surface area contributed by atoms with Gasteiger partial charge in [0, 0.05) is 18.7 Å². The highest BCUT2D eigenvalue weighted by molar-refractivity contribution is 7.89. The first-order chi connectivity index (χ1) is 18.6. The Balaban J connectivity index is 1.68. The molecule has 0 unspecified atom stereocenters. The van der Waals surface area contributed by atoms with Crippen LogP contribution in [-0.2, 0) is 43.7 Å². The molecular weight excluding hydrogens is 518 g/mol. The maximum atomic E-state index is 14.0. The SMILES string of the molecule is CCOC(=O)[C@H]1CC(C)=CCN1C(=O)[C@H](Cc1cccc(C(=N)N)c1)NS(=O)(=O)c1ccc2c(c1)CNCC2. The first kappa shape index (κ1) is 28.5. The maximum absolute atomic E-state index is 14.0. The summed E-state index contributed by atoms with van der Waals surface area (Å²) in [4.78, 5) is 28.2. The van der Waals surface area contributed by atoms with Gasteiger partial charge in [0.15, 0.2) is 0 Å². The van der Waals surface area contributed by atoms with E-state index in [4.69, 9.17) is 15.9 Å². The van der Waals surface area contributed by atoms with Crippen molar-refractivity contribution in [2.24, 2.45) is 5.73 Å². The Kier molecular flexibility index (Phi) is 8.83. The van der Waals surface area contributed by atoms with Gasteiger partial charge >= 0.3 is 5.97 Å². The lowest BCUT2D eigenvalue weighted by atomic mass is 9.98. The van der Waals surface area contributed by atoms with Gasteiger partial charge in [-0.15, -0.1) is 0 Å². The highest BCUT2D eigenvalue weighted by Gasteiger charge is 2.38. The van der Waals surface area contributed by atoms with Gasteiger partial charge < -0.3 is 20.7 Å². The van der Waals surface area contributed by atoms with Crippen LogP contribution in [0.3, 0.4) is 0 Å². The van der Waals surface area contributed by atoms with Gasteiger partial charge in [-0.2, -0.15) is 4.72 Å². The maximum Gasteiger partial charge on any atom is 0.329 e. The van der Waals surface area contributed by atoms with Crippen LogP contribution in [0.25, 0.3) is 0 Å². The molecule has 0 saturated carbocycles. The van der Waals surface area contributed by atoms with E-state index in [-0.39, 0.29) is 30.3 Å². The van der Waals surface area contributed by atoms with Crippen LogP contribution in [0.1, 0.15) is 42.5 Å². The minimum Gasteiger partial charge on any atom is -0.464 e. The van der Waals surface area contributed by atoms with E-state index >= 15 is 0 Å². The molecule has 2 atom stereocenters. The van der Waals surface area contributed by atoms with Crippen molar-refractivity contribution in [1.29, 1.82) is 5.41 Å². The zero-order chi connectivity index (χ0) is 28.2. The Hall–Kier alpha value is -3.54. The number of nitrogens with one attached hydrogen (secondary N) is 3. The fraction of sp³-hybridized carbons (Fsp3) is 0.393. The third-order valence-corrected chi connectivity index (χ3v) is 8.49. The summed E-state index contributed by atoms with van der Waals surface area (Å²) in [5.41, 5.74) is 9.68. The quantitative estimate of drug-likeness (QED) is 0.159. The topological polar surface area (TPSA) is 155 Å². The molecule has 0 bridgehead atoms. The van der Waals surface area contributed by atoms with Crippen molar-refractivity contribution in [2.75, 3.05) is 19.7 Å². The van der Waals surface area contributed by atoms with Crippen molar-refractivity contribution >= 4 is 27.7 Å². The molecular formula is C28H35N5O5S. The molecule has 5 N–H and O–H groups in total. The fourth-order valence-electron chi connectivity index (χ4n) is 4.93. The van der Waals surface area contributed by atoms with Gasteiger partial charge in [-0.1, -0.05) is 35.9 Å². The number of nitrogens with two attached hydrogens (primary N) is 1. The molecule has 10 nitrogen and oxygen atoms in total. The lowest BCUT2D eigenvalue weighted by molar-refractivity contribution is -0.155. The Morgan fingerprint density at radius 1 is 1.23 bits per heavy atom. The van der Waals surface area contributed by atoms with E-state index in [1.807, 2.05) is 19.1 Å². The second-order valence-corrected chi connectivity index (χ2v) is 11.6. The molecule has 2 aliphatic heterocycles. The first-order valence-corrected chi connectivity index (χ1v) is 14.5. The normalized spacial score (nSPS) is 18.1. The Bertz CT molecular complexity index is 1400. The average Bonchev–Trinajstić information content (AvgIpc) is 2.92. The first-order valence-electron chi connectivity index (χ1n) is 13.0. The predicted molar refractivity (Wildman–Crippen MR) is 148 cm³/mol. The molecule has 0 aliphatic carbocycles. The Morgan fingerprint density at radius 3 is 2.77 bits per heavy atom. The number of carbonyl (C=O) groups is 2.